The zero-order valence-corrected chi connectivity index (χ0v) is 5.35. The highest BCUT2D eigenvalue weighted by Gasteiger charge is 2.35. The predicted octanol–water partition coefficient (Wildman–Crippen LogP) is 1.15. The maximum absolute atomic E-state index is 3.58. The minimum atomic E-state index is 0.889. The van der Waals surface area contributed by atoms with Crippen LogP contribution < -0.4 is 5.32 Å². The van der Waals surface area contributed by atoms with E-state index in [1.807, 2.05) is 0 Å². The third-order valence-electron chi connectivity index (χ3n) is 2.62. The van der Waals surface area contributed by atoms with Crippen molar-refractivity contribution in [2.45, 2.75) is 38.3 Å². The summed E-state index contributed by atoms with van der Waals surface area (Å²) in [5, 5.41) is 3.58. The van der Waals surface area contributed by atoms with Gasteiger partial charge in [-0.15, -0.1) is 0 Å². The molecule has 0 spiro atoms. The first-order chi connectivity index (χ1) is 3.86. The Morgan fingerprint density at radius 3 is 2.50 bits per heavy atom. The van der Waals surface area contributed by atoms with Crippen LogP contribution >= 0.6 is 0 Å². The molecule has 2 bridgehead atoms. The largest absolute Gasteiger partial charge is 0.311 e. The van der Waals surface area contributed by atoms with Crippen LogP contribution in [0.3, 0.4) is 0 Å². The van der Waals surface area contributed by atoms with Gasteiger partial charge in [0.15, 0.2) is 0 Å². The first-order valence-corrected chi connectivity index (χ1v) is 3.62. The molecule has 2 aliphatic heterocycles. The molecule has 2 heterocycles. The standard InChI is InChI=1S/C7H13N/c1-5-4-6-2-3-7(5)8-6/h5-8H,2-4H2,1H3/t5-,6?,7?/m1/s1. The number of hydrogen-bond acceptors (Lipinski definition) is 1. The second-order valence-corrected chi connectivity index (χ2v) is 3.26. The Labute approximate surface area is 50.5 Å². The van der Waals surface area contributed by atoms with Gasteiger partial charge in [0.05, 0.1) is 0 Å². The molecule has 0 saturated carbocycles. The van der Waals surface area contributed by atoms with E-state index in [1.54, 1.807) is 0 Å². The molecular formula is C7H13N. The first kappa shape index (κ1) is 4.80. The van der Waals surface area contributed by atoms with Gasteiger partial charge < -0.3 is 5.32 Å². The molecule has 2 aliphatic rings. The Kier molecular flexibility index (Phi) is 0.884. The normalized spacial score (nSPS) is 52.9. The van der Waals surface area contributed by atoms with Crippen LogP contribution in [0.1, 0.15) is 26.2 Å². The molecule has 46 valence electrons. The van der Waals surface area contributed by atoms with Crippen LogP contribution in [0.5, 0.6) is 0 Å². The third kappa shape index (κ3) is 0.510. The van der Waals surface area contributed by atoms with Gasteiger partial charge in [0.1, 0.15) is 0 Å². The van der Waals surface area contributed by atoms with Crippen molar-refractivity contribution in [1.82, 2.24) is 5.32 Å². The topological polar surface area (TPSA) is 12.0 Å². The quantitative estimate of drug-likeness (QED) is 0.494. The fourth-order valence-electron chi connectivity index (χ4n) is 2.10. The van der Waals surface area contributed by atoms with Gasteiger partial charge in [-0.1, -0.05) is 6.92 Å². The fourth-order valence-corrected chi connectivity index (χ4v) is 2.10. The number of nitrogens with one attached hydrogen (secondary N) is 1. The van der Waals surface area contributed by atoms with Crippen molar-refractivity contribution < 1.29 is 0 Å². The molecular weight excluding hydrogens is 98.1 g/mol. The smallest absolute Gasteiger partial charge is 0.00964 e. The fraction of sp³-hybridized carbons (Fsp3) is 1.00. The van der Waals surface area contributed by atoms with Gasteiger partial charge >= 0.3 is 0 Å². The first-order valence-electron chi connectivity index (χ1n) is 3.62. The highest BCUT2D eigenvalue weighted by atomic mass is 15.0. The lowest BCUT2D eigenvalue weighted by atomic mass is 9.91. The van der Waals surface area contributed by atoms with E-state index in [2.05, 4.69) is 12.2 Å². The van der Waals surface area contributed by atoms with Crippen LogP contribution in [0.2, 0.25) is 0 Å². The van der Waals surface area contributed by atoms with Crippen LogP contribution in [0.15, 0.2) is 0 Å². The van der Waals surface area contributed by atoms with Gasteiger partial charge in [-0.3, -0.25) is 0 Å². The molecule has 0 radical (unpaired) electrons. The predicted molar refractivity (Wildman–Crippen MR) is 33.7 cm³/mol. The highest BCUT2D eigenvalue weighted by molar-refractivity contribution is 4.95. The highest BCUT2D eigenvalue weighted by Crippen LogP contribution is 2.32. The van der Waals surface area contributed by atoms with E-state index in [-0.39, 0.29) is 0 Å². The molecule has 0 amide bonds. The molecule has 2 unspecified atom stereocenters. The Morgan fingerprint density at radius 1 is 1.38 bits per heavy atom. The van der Waals surface area contributed by atoms with Crippen molar-refractivity contribution in [3.05, 3.63) is 0 Å². The van der Waals surface area contributed by atoms with Crippen LogP contribution in [0.4, 0.5) is 0 Å². The minimum Gasteiger partial charge on any atom is -0.311 e. The molecule has 0 aromatic heterocycles. The minimum absolute atomic E-state index is 0.889. The number of fused-ring (bicyclic) bond motifs is 2. The lowest BCUT2D eigenvalue weighted by Gasteiger charge is -2.13. The summed E-state index contributed by atoms with van der Waals surface area (Å²) >= 11 is 0. The zero-order chi connectivity index (χ0) is 5.56. The van der Waals surface area contributed by atoms with Gasteiger partial charge in [-0.05, 0) is 25.2 Å². The summed E-state index contributed by atoms with van der Waals surface area (Å²) in [6, 6.07) is 1.79. The zero-order valence-electron chi connectivity index (χ0n) is 5.35. The lowest BCUT2D eigenvalue weighted by Crippen LogP contribution is -2.20. The van der Waals surface area contributed by atoms with Crippen molar-refractivity contribution in [1.29, 1.82) is 0 Å². The molecule has 2 fully saturated rings. The summed E-state index contributed by atoms with van der Waals surface area (Å²) in [4.78, 5) is 0. The SMILES string of the molecule is C[C@@H]1CC2CCC1N2. The third-order valence-corrected chi connectivity index (χ3v) is 2.62. The summed E-state index contributed by atoms with van der Waals surface area (Å²) in [5.41, 5.74) is 0. The van der Waals surface area contributed by atoms with E-state index >= 15 is 0 Å². The molecule has 0 aliphatic carbocycles. The van der Waals surface area contributed by atoms with E-state index in [0.717, 1.165) is 18.0 Å². The monoisotopic (exact) mass is 111 g/mol. The van der Waals surface area contributed by atoms with Crippen LogP contribution in [0, 0.1) is 5.92 Å². The maximum atomic E-state index is 3.58. The Balaban J connectivity index is 2.11. The van der Waals surface area contributed by atoms with Gasteiger partial charge in [0.25, 0.3) is 0 Å². The summed E-state index contributed by atoms with van der Waals surface area (Å²) in [6.07, 6.45) is 4.31. The molecule has 1 nitrogen and oxygen atoms in total. The molecule has 1 heteroatoms. The van der Waals surface area contributed by atoms with E-state index in [4.69, 9.17) is 0 Å². The van der Waals surface area contributed by atoms with Crippen molar-refractivity contribution in [2.75, 3.05) is 0 Å². The van der Waals surface area contributed by atoms with Gasteiger partial charge in [0.2, 0.25) is 0 Å². The Morgan fingerprint density at radius 2 is 2.25 bits per heavy atom. The van der Waals surface area contributed by atoms with Crippen LogP contribution in [-0.2, 0) is 0 Å². The van der Waals surface area contributed by atoms with Crippen molar-refractivity contribution in [3.63, 3.8) is 0 Å². The van der Waals surface area contributed by atoms with E-state index in [0.29, 0.717) is 0 Å². The van der Waals surface area contributed by atoms with Gasteiger partial charge in [-0.2, -0.15) is 0 Å². The summed E-state index contributed by atoms with van der Waals surface area (Å²) in [5.74, 6) is 0.966. The summed E-state index contributed by atoms with van der Waals surface area (Å²) < 4.78 is 0. The van der Waals surface area contributed by atoms with E-state index in [9.17, 15) is 0 Å². The van der Waals surface area contributed by atoms with Crippen molar-refractivity contribution in [2.24, 2.45) is 5.92 Å². The summed E-state index contributed by atoms with van der Waals surface area (Å²) in [7, 11) is 0. The van der Waals surface area contributed by atoms with E-state index in [1.165, 1.54) is 19.3 Å². The van der Waals surface area contributed by atoms with Crippen molar-refractivity contribution in [3.8, 4) is 0 Å². The molecule has 0 aromatic rings. The maximum Gasteiger partial charge on any atom is 0.00964 e. The molecule has 3 atom stereocenters. The number of rotatable bonds is 0. The number of hydrogen-bond donors (Lipinski definition) is 1. The second-order valence-electron chi connectivity index (χ2n) is 3.26. The molecule has 2 saturated heterocycles. The Hall–Kier alpha value is -0.0400. The van der Waals surface area contributed by atoms with Crippen LogP contribution in [0.25, 0.3) is 0 Å². The van der Waals surface area contributed by atoms with Crippen LogP contribution in [-0.4, -0.2) is 12.1 Å². The second kappa shape index (κ2) is 1.47. The summed E-state index contributed by atoms with van der Waals surface area (Å²) in [6.45, 7) is 2.36. The average Bonchev–Trinajstić information content (AvgIpc) is 2.23. The molecule has 1 N–H and O–H groups in total. The van der Waals surface area contributed by atoms with Gasteiger partial charge in [0, 0.05) is 12.1 Å². The van der Waals surface area contributed by atoms with E-state index < -0.39 is 0 Å². The Bertz CT molecular complexity index is 98.6. The lowest BCUT2D eigenvalue weighted by molar-refractivity contribution is 0.439. The van der Waals surface area contributed by atoms with Crippen molar-refractivity contribution >= 4 is 0 Å². The molecule has 8 heavy (non-hydrogen) atoms. The molecule has 0 aromatic carbocycles. The molecule has 2 rings (SSSR count). The average molecular weight is 111 g/mol. The van der Waals surface area contributed by atoms with Gasteiger partial charge in [-0.25, -0.2) is 0 Å².